The summed E-state index contributed by atoms with van der Waals surface area (Å²) in [5.74, 6) is 2.48. The molecule has 0 saturated carbocycles. The van der Waals surface area contributed by atoms with Gasteiger partial charge in [0.2, 0.25) is 0 Å². The number of carbonyl (C=O) groups is 1. The quantitative estimate of drug-likeness (QED) is 0.783. The number of hydrogen-bond acceptors (Lipinski definition) is 4. The molecule has 0 bridgehead atoms. The Morgan fingerprint density at radius 1 is 1.50 bits per heavy atom. The average Bonchev–Trinajstić information content (AvgIpc) is 3.04. The monoisotopic (exact) mass is 328 g/mol. The third-order valence-electron chi connectivity index (χ3n) is 4.12. The molecular weight excluding hydrogens is 304 g/mol. The van der Waals surface area contributed by atoms with Gasteiger partial charge in [-0.3, -0.25) is 4.68 Å². The molecule has 0 aromatic carbocycles. The van der Waals surface area contributed by atoms with Crippen LogP contribution in [0.2, 0.25) is 0 Å². The highest BCUT2D eigenvalue weighted by molar-refractivity contribution is 5.69. The molecule has 1 fully saturated rings. The minimum Gasteiger partial charge on any atom is -0.444 e. The Kier molecular flexibility index (Phi) is 4.89. The van der Waals surface area contributed by atoms with Gasteiger partial charge in [-0.15, -0.1) is 6.42 Å². The van der Waals surface area contributed by atoms with Crippen molar-refractivity contribution in [3.05, 3.63) is 17.0 Å². The van der Waals surface area contributed by atoms with Crippen LogP contribution in [0.25, 0.3) is 0 Å². The summed E-state index contributed by atoms with van der Waals surface area (Å²) in [7, 11) is 0. The third-order valence-corrected chi connectivity index (χ3v) is 4.12. The molecule has 0 aliphatic carbocycles. The molecule has 0 spiro atoms. The average molecular weight is 328 g/mol. The highest BCUT2D eigenvalue weighted by atomic mass is 16.6. The summed E-state index contributed by atoms with van der Waals surface area (Å²) >= 11 is 0. The van der Waals surface area contributed by atoms with Crippen LogP contribution in [0.3, 0.4) is 0 Å². The predicted molar refractivity (Wildman–Crippen MR) is 90.3 cm³/mol. The number of nitrogens with zero attached hydrogens (tertiary/aromatic N) is 4. The van der Waals surface area contributed by atoms with Crippen LogP contribution < -0.4 is 0 Å². The van der Waals surface area contributed by atoms with E-state index in [1.54, 1.807) is 4.90 Å². The van der Waals surface area contributed by atoms with Crippen molar-refractivity contribution >= 4 is 6.09 Å². The van der Waals surface area contributed by atoms with Crippen molar-refractivity contribution in [2.24, 2.45) is 0 Å². The summed E-state index contributed by atoms with van der Waals surface area (Å²) in [6.45, 7) is 10.0. The Bertz CT molecular complexity index is 715. The van der Waals surface area contributed by atoms with Gasteiger partial charge in [-0.1, -0.05) is 6.92 Å². The maximum atomic E-state index is 12.4. The minimum absolute atomic E-state index is 0.00308. The van der Waals surface area contributed by atoms with Crippen LogP contribution in [0.4, 0.5) is 4.79 Å². The molecule has 2 rings (SSSR count). The Labute approximate surface area is 143 Å². The SMILES string of the molecule is C#Cc1nn([C@H]2C[C@H](C)N(C(=O)OC(C)(C)C)C2)c(CC)c1C#N. The minimum atomic E-state index is -0.528. The molecule has 1 aromatic rings. The van der Waals surface area contributed by atoms with Gasteiger partial charge in [0.05, 0.1) is 11.7 Å². The zero-order valence-corrected chi connectivity index (χ0v) is 15.0. The van der Waals surface area contributed by atoms with E-state index in [9.17, 15) is 10.1 Å². The van der Waals surface area contributed by atoms with E-state index >= 15 is 0 Å². The van der Waals surface area contributed by atoms with Crippen molar-refractivity contribution in [2.75, 3.05) is 6.54 Å². The van der Waals surface area contributed by atoms with Gasteiger partial charge in [0.15, 0.2) is 5.69 Å². The molecule has 1 amide bonds. The lowest BCUT2D eigenvalue weighted by Gasteiger charge is -2.26. The van der Waals surface area contributed by atoms with Crippen LogP contribution >= 0.6 is 0 Å². The molecule has 6 heteroatoms. The van der Waals surface area contributed by atoms with E-state index in [0.29, 0.717) is 24.2 Å². The van der Waals surface area contributed by atoms with Crippen LogP contribution in [0.5, 0.6) is 0 Å². The van der Waals surface area contributed by atoms with Crippen molar-refractivity contribution in [1.29, 1.82) is 5.26 Å². The van der Waals surface area contributed by atoms with Gasteiger partial charge in [0, 0.05) is 12.6 Å². The largest absolute Gasteiger partial charge is 0.444 e. The molecular formula is C18H24N4O2. The number of aromatic nitrogens is 2. The van der Waals surface area contributed by atoms with Crippen LogP contribution in [0.15, 0.2) is 0 Å². The van der Waals surface area contributed by atoms with Gasteiger partial charge in [-0.2, -0.15) is 10.4 Å². The summed E-state index contributed by atoms with van der Waals surface area (Å²) < 4.78 is 7.30. The molecule has 1 saturated heterocycles. The van der Waals surface area contributed by atoms with Crippen molar-refractivity contribution in [2.45, 2.75) is 65.1 Å². The van der Waals surface area contributed by atoms with Crippen molar-refractivity contribution in [3.8, 4) is 18.4 Å². The van der Waals surface area contributed by atoms with Crippen molar-refractivity contribution in [1.82, 2.24) is 14.7 Å². The number of terminal acetylenes is 1. The molecule has 24 heavy (non-hydrogen) atoms. The standard InChI is InChI=1S/C18H24N4O2/c1-7-15-14(10-19)16(8-2)22(20-15)13-9-12(3)21(11-13)17(23)24-18(4,5)6/h1,12-13H,8-9,11H2,2-6H3/t12-,13-/m0/s1. The summed E-state index contributed by atoms with van der Waals surface area (Å²) in [5.41, 5.74) is 1.13. The van der Waals surface area contributed by atoms with E-state index in [0.717, 1.165) is 12.1 Å². The molecule has 1 aliphatic rings. The Hall–Kier alpha value is -2.47. The third kappa shape index (κ3) is 3.38. The second kappa shape index (κ2) is 6.57. The van der Waals surface area contributed by atoms with E-state index < -0.39 is 5.60 Å². The predicted octanol–water partition coefficient (Wildman–Crippen LogP) is 2.87. The molecule has 1 aromatic heterocycles. The lowest BCUT2D eigenvalue weighted by Crippen LogP contribution is -2.39. The zero-order valence-electron chi connectivity index (χ0n) is 15.0. The lowest BCUT2D eigenvalue weighted by molar-refractivity contribution is 0.0234. The van der Waals surface area contributed by atoms with E-state index in [2.05, 4.69) is 17.1 Å². The first-order valence-electron chi connectivity index (χ1n) is 8.19. The van der Waals surface area contributed by atoms with Crippen molar-refractivity contribution in [3.63, 3.8) is 0 Å². The molecule has 0 radical (unpaired) electrons. The summed E-state index contributed by atoms with van der Waals surface area (Å²) in [4.78, 5) is 14.1. The second-order valence-electron chi connectivity index (χ2n) is 7.10. The highest BCUT2D eigenvalue weighted by Crippen LogP contribution is 2.31. The van der Waals surface area contributed by atoms with Gasteiger partial charge in [-0.25, -0.2) is 4.79 Å². The molecule has 2 atom stereocenters. The normalized spacial score (nSPS) is 20.5. The molecule has 2 heterocycles. The van der Waals surface area contributed by atoms with Crippen LogP contribution in [0.1, 0.15) is 64.0 Å². The van der Waals surface area contributed by atoms with Gasteiger partial charge in [0.25, 0.3) is 0 Å². The van der Waals surface area contributed by atoms with Gasteiger partial charge in [0.1, 0.15) is 17.2 Å². The topological polar surface area (TPSA) is 71.2 Å². The Balaban J connectivity index is 2.27. The molecule has 6 nitrogen and oxygen atoms in total. The van der Waals surface area contributed by atoms with Gasteiger partial charge in [-0.05, 0) is 46.5 Å². The molecule has 0 N–H and O–H groups in total. The zero-order chi connectivity index (χ0) is 18.1. The Morgan fingerprint density at radius 3 is 2.67 bits per heavy atom. The van der Waals surface area contributed by atoms with E-state index in [1.807, 2.05) is 39.3 Å². The summed E-state index contributed by atoms with van der Waals surface area (Å²) in [6, 6.07) is 2.19. The number of ether oxygens (including phenoxy) is 1. The first-order valence-corrected chi connectivity index (χ1v) is 8.19. The van der Waals surface area contributed by atoms with Gasteiger partial charge >= 0.3 is 6.09 Å². The number of likely N-dealkylation sites (tertiary alicyclic amines) is 1. The van der Waals surface area contributed by atoms with Crippen molar-refractivity contribution < 1.29 is 9.53 Å². The van der Waals surface area contributed by atoms with E-state index in [-0.39, 0.29) is 18.2 Å². The summed E-state index contributed by atoms with van der Waals surface area (Å²) in [5, 5.41) is 13.8. The van der Waals surface area contributed by atoms with E-state index in [1.165, 1.54) is 0 Å². The maximum Gasteiger partial charge on any atom is 0.410 e. The number of rotatable bonds is 2. The fourth-order valence-corrected chi connectivity index (χ4v) is 3.08. The molecule has 1 aliphatic heterocycles. The molecule has 128 valence electrons. The van der Waals surface area contributed by atoms with Crippen LogP contribution in [-0.4, -0.2) is 39.0 Å². The number of carbonyl (C=O) groups excluding carboxylic acids is 1. The fraction of sp³-hybridized carbons (Fsp3) is 0.611. The highest BCUT2D eigenvalue weighted by Gasteiger charge is 2.37. The second-order valence-corrected chi connectivity index (χ2v) is 7.10. The number of hydrogen-bond donors (Lipinski definition) is 0. The van der Waals surface area contributed by atoms with Crippen LogP contribution in [0, 0.1) is 23.7 Å². The molecule has 0 unspecified atom stereocenters. The lowest BCUT2D eigenvalue weighted by atomic mass is 10.1. The fourth-order valence-electron chi connectivity index (χ4n) is 3.08. The summed E-state index contributed by atoms with van der Waals surface area (Å²) in [6.07, 6.45) is 6.57. The number of amides is 1. The Morgan fingerprint density at radius 2 is 2.17 bits per heavy atom. The van der Waals surface area contributed by atoms with Gasteiger partial charge < -0.3 is 9.64 Å². The van der Waals surface area contributed by atoms with E-state index in [4.69, 9.17) is 11.2 Å². The first kappa shape index (κ1) is 17.9. The smallest absolute Gasteiger partial charge is 0.410 e. The van der Waals surface area contributed by atoms with Crippen LogP contribution in [-0.2, 0) is 11.2 Å². The maximum absolute atomic E-state index is 12.4. The first-order chi connectivity index (χ1) is 11.2. The number of nitriles is 1.